The number of ether oxygens (including phenoxy) is 1. The molecule has 0 aliphatic heterocycles. The Kier molecular flexibility index (Phi) is 10.4. The van der Waals surface area contributed by atoms with Crippen LogP contribution >= 0.6 is 0 Å². The SMILES string of the molecule is CCC(C)C(NC(=O)OC(C)(C)C)C(=O)N(C(C(=O)Nc1c(C)cccc1C)c1ccc(O)c(C)c1)C(C)(C)C. The van der Waals surface area contributed by atoms with Gasteiger partial charge in [-0.15, -0.1) is 0 Å². The highest BCUT2D eigenvalue weighted by molar-refractivity contribution is 6.00. The van der Waals surface area contributed by atoms with Crippen LogP contribution in [0.5, 0.6) is 5.75 Å². The van der Waals surface area contributed by atoms with Crippen molar-refractivity contribution in [3.63, 3.8) is 0 Å². The van der Waals surface area contributed by atoms with Gasteiger partial charge in [-0.2, -0.15) is 0 Å². The number of benzene rings is 2. The molecule has 0 aliphatic carbocycles. The smallest absolute Gasteiger partial charge is 0.408 e. The molecule has 0 radical (unpaired) electrons. The van der Waals surface area contributed by atoms with Crippen molar-refractivity contribution >= 4 is 23.6 Å². The van der Waals surface area contributed by atoms with E-state index in [2.05, 4.69) is 10.6 Å². The molecule has 8 heteroatoms. The molecule has 2 aromatic rings. The Hall–Kier alpha value is -3.55. The number of nitrogens with zero attached hydrogens (tertiary/aromatic N) is 1. The Morgan fingerprint density at radius 1 is 0.950 bits per heavy atom. The van der Waals surface area contributed by atoms with Gasteiger partial charge in [0.1, 0.15) is 23.4 Å². The van der Waals surface area contributed by atoms with Crippen LogP contribution in [0.4, 0.5) is 10.5 Å². The Morgan fingerprint density at radius 2 is 1.52 bits per heavy atom. The van der Waals surface area contributed by atoms with Gasteiger partial charge in [-0.1, -0.05) is 44.5 Å². The summed E-state index contributed by atoms with van der Waals surface area (Å²) in [6.07, 6.45) is -0.0843. The van der Waals surface area contributed by atoms with Gasteiger partial charge in [0.25, 0.3) is 5.91 Å². The van der Waals surface area contributed by atoms with E-state index in [1.54, 1.807) is 39.8 Å². The highest BCUT2D eigenvalue weighted by Crippen LogP contribution is 2.34. The maximum atomic E-state index is 14.5. The van der Waals surface area contributed by atoms with E-state index in [1.165, 1.54) is 11.0 Å². The summed E-state index contributed by atoms with van der Waals surface area (Å²) in [6.45, 7) is 20.3. The van der Waals surface area contributed by atoms with Crippen molar-refractivity contribution in [3.05, 3.63) is 58.7 Å². The molecule has 0 saturated heterocycles. The summed E-state index contributed by atoms with van der Waals surface area (Å²) in [7, 11) is 0. The number of aromatic hydroxyl groups is 1. The molecule has 0 heterocycles. The zero-order chi connectivity index (χ0) is 30.6. The molecule has 0 bridgehead atoms. The number of para-hydroxylation sites is 1. The number of phenolic OH excluding ortho intramolecular Hbond substituents is 1. The molecule has 0 saturated carbocycles. The number of anilines is 1. The van der Waals surface area contributed by atoms with Crippen LogP contribution in [0.2, 0.25) is 0 Å². The third-order valence-corrected chi connectivity index (χ3v) is 6.88. The van der Waals surface area contributed by atoms with Crippen LogP contribution < -0.4 is 10.6 Å². The van der Waals surface area contributed by atoms with Crippen LogP contribution in [0, 0.1) is 26.7 Å². The van der Waals surface area contributed by atoms with E-state index < -0.39 is 41.1 Å². The van der Waals surface area contributed by atoms with E-state index >= 15 is 0 Å². The Bertz CT molecular complexity index is 1210. The average molecular weight is 554 g/mol. The fourth-order valence-electron chi connectivity index (χ4n) is 4.58. The highest BCUT2D eigenvalue weighted by atomic mass is 16.6. The second-order valence-electron chi connectivity index (χ2n) is 12.6. The first-order chi connectivity index (χ1) is 18.4. The van der Waals surface area contributed by atoms with Crippen LogP contribution in [0.1, 0.15) is 90.1 Å². The van der Waals surface area contributed by atoms with E-state index in [1.807, 2.05) is 66.7 Å². The Balaban J connectivity index is 2.69. The van der Waals surface area contributed by atoms with Crippen molar-refractivity contribution in [1.82, 2.24) is 10.2 Å². The molecule has 220 valence electrons. The summed E-state index contributed by atoms with van der Waals surface area (Å²) in [5.74, 6) is -0.949. The number of aryl methyl sites for hydroxylation is 3. The minimum Gasteiger partial charge on any atom is -0.508 e. The van der Waals surface area contributed by atoms with Gasteiger partial charge in [-0.3, -0.25) is 9.59 Å². The fraction of sp³-hybridized carbons (Fsp3) is 0.531. The van der Waals surface area contributed by atoms with Crippen molar-refractivity contribution < 1.29 is 24.2 Å². The van der Waals surface area contributed by atoms with E-state index in [4.69, 9.17) is 4.74 Å². The Morgan fingerprint density at radius 3 is 2.00 bits per heavy atom. The van der Waals surface area contributed by atoms with E-state index in [0.29, 0.717) is 23.2 Å². The van der Waals surface area contributed by atoms with Gasteiger partial charge < -0.3 is 25.4 Å². The van der Waals surface area contributed by atoms with Crippen LogP contribution in [-0.2, 0) is 14.3 Å². The van der Waals surface area contributed by atoms with Crippen molar-refractivity contribution in [1.29, 1.82) is 0 Å². The maximum absolute atomic E-state index is 14.5. The number of amides is 3. The second-order valence-corrected chi connectivity index (χ2v) is 12.6. The van der Waals surface area contributed by atoms with Gasteiger partial charge in [0.05, 0.1) is 0 Å². The summed E-state index contributed by atoms with van der Waals surface area (Å²) >= 11 is 0. The van der Waals surface area contributed by atoms with E-state index in [9.17, 15) is 19.5 Å². The lowest BCUT2D eigenvalue weighted by atomic mass is 9.91. The standard InChI is InChI=1S/C32H47N3O5/c1-12-19(2)26(34-30(39)40-32(9,10)11)29(38)35(31(6,7)8)27(23-16-17-24(36)22(5)18-23)28(37)33-25-20(3)14-13-15-21(25)4/h13-19,26-27,36H,12H2,1-11H3,(H,33,37)(H,34,39). The van der Waals surface area contributed by atoms with Crippen molar-refractivity contribution in [2.24, 2.45) is 5.92 Å². The normalized spacial score (nSPS) is 14.1. The third-order valence-electron chi connectivity index (χ3n) is 6.88. The second kappa shape index (κ2) is 12.7. The summed E-state index contributed by atoms with van der Waals surface area (Å²) in [4.78, 5) is 43.0. The van der Waals surface area contributed by atoms with Crippen molar-refractivity contribution in [2.45, 2.75) is 106 Å². The number of phenols is 1. The van der Waals surface area contributed by atoms with E-state index in [-0.39, 0.29) is 11.7 Å². The van der Waals surface area contributed by atoms with Crippen molar-refractivity contribution in [2.75, 3.05) is 5.32 Å². The molecular weight excluding hydrogens is 506 g/mol. The van der Waals surface area contributed by atoms with Crippen LogP contribution in [0.15, 0.2) is 36.4 Å². The molecule has 2 rings (SSSR count). The minimum absolute atomic E-state index is 0.0929. The molecule has 0 spiro atoms. The lowest BCUT2D eigenvalue weighted by Gasteiger charge is -2.44. The van der Waals surface area contributed by atoms with Gasteiger partial charge >= 0.3 is 6.09 Å². The van der Waals surface area contributed by atoms with Gasteiger partial charge in [-0.05, 0) is 103 Å². The number of hydrogen-bond acceptors (Lipinski definition) is 5. The van der Waals surface area contributed by atoms with Gasteiger partial charge in [0, 0.05) is 11.2 Å². The van der Waals surface area contributed by atoms with Crippen LogP contribution in [0.25, 0.3) is 0 Å². The van der Waals surface area contributed by atoms with Gasteiger partial charge in [-0.25, -0.2) is 4.79 Å². The van der Waals surface area contributed by atoms with Crippen LogP contribution in [0.3, 0.4) is 0 Å². The number of alkyl carbamates (subject to hydrolysis) is 1. The van der Waals surface area contributed by atoms with Gasteiger partial charge in [0.15, 0.2) is 0 Å². The molecule has 0 aromatic heterocycles. The third kappa shape index (κ3) is 8.23. The number of carbonyl (C=O) groups excluding carboxylic acids is 3. The lowest BCUT2D eigenvalue weighted by molar-refractivity contribution is -0.147. The van der Waals surface area contributed by atoms with E-state index in [0.717, 1.165) is 11.1 Å². The monoisotopic (exact) mass is 553 g/mol. The predicted molar refractivity (Wildman–Crippen MR) is 159 cm³/mol. The molecule has 2 aromatic carbocycles. The molecule has 40 heavy (non-hydrogen) atoms. The lowest BCUT2D eigenvalue weighted by Crippen LogP contribution is -2.59. The average Bonchev–Trinajstić information content (AvgIpc) is 2.82. The van der Waals surface area contributed by atoms with Crippen molar-refractivity contribution in [3.8, 4) is 5.75 Å². The molecule has 0 aliphatic rings. The summed E-state index contributed by atoms with van der Waals surface area (Å²) in [5.41, 5.74) is 2.02. The molecule has 3 amide bonds. The van der Waals surface area contributed by atoms with Crippen LogP contribution in [-0.4, -0.2) is 45.1 Å². The zero-order valence-electron chi connectivity index (χ0n) is 25.9. The summed E-state index contributed by atoms with van der Waals surface area (Å²) < 4.78 is 5.48. The number of nitrogens with one attached hydrogen (secondary N) is 2. The zero-order valence-corrected chi connectivity index (χ0v) is 25.9. The first kappa shape index (κ1) is 32.7. The molecule has 3 atom stereocenters. The highest BCUT2D eigenvalue weighted by Gasteiger charge is 2.43. The molecule has 3 unspecified atom stereocenters. The Labute approximate surface area is 239 Å². The number of hydrogen-bond donors (Lipinski definition) is 3. The topological polar surface area (TPSA) is 108 Å². The summed E-state index contributed by atoms with van der Waals surface area (Å²) in [5, 5.41) is 16.1. The summed E-state index contributed by atoms with van der Waals surface area (Å²) in [6, 6.07) is 8.66. The number of rotatable bonds is 8. The first-order valence-corrected chi connectivity index (χ1v) is 13.9. The molecule has 0 fully saturated rings. The van der Waals surface area contributed by atoms with Gasteiger partial charge in [0.2, 0.25) is 5.91 Å². The quantitative estimate of drug-likeness (QED) is 0.343. The largest absolute Gasteiger partial charge is 0.508 e. The maximum Gasteiger partial charge on any atom is 0.408 e. The predicted octanol–water partition coefficient (Wildman–Crippen LogP) is 6.56. The molecule has 8 nitrogen and oxygen atoms in total. The fourth-order valence-corrected chi connectivity index (χ4v) is 4.58. The minimum atomic E-state index is -1.06. The molecule has 3 N–H and O–H groups in total. The number of carbonyl (C=O) groups is 3. The first-order valence-electron chi connectivity index (χ1n) is 13.9. The molecular formula is C32H47N3O5.